The molecule has 3 heteroatoms. The maximum Gasteiger partial charge on any atom is 0.309 e. The fraction of sp³-hybridized carbons (Fsp3) is 0.833. The summed E-state index contributed by atoms with van der Waals surface area (Å²) in [5.41, 5.74) is 0. The van der Waals surface area contributed by atoms with Crippen LogP contribution in [0, 0.1) is 0 Å². The van der Waals surface area contributed by atoms with Gasteiger partial charge in [-0.2, -0.15) is 0 Å². The molecule has 9 heavy (non-hydrogen) atoms. The molecule has 1 rings (SSSR count). The third-order valence-corrected chi connectivity index (χ3v) is 1.60. The van der Waals surface area contributed by atoms with Gasteiger partial charge in [-0.3, -0.25) is 4.79 Å². The van der Waals surface area contributed by atoms with Gasteiger partial charge in [0.2, 0.25) is 0 Å². The van der Waals surface area contributed by atoms with Crippen molar-refractivity contribution in [3.05, 3.63) is 0 Å². The van der Waals surface area contributed by atoms with Gasteiger partial charge in [-0.25, -0.2) is 0 Å². The van der Waals surface area contributed by atoms with Gasteiger partial charge in [-0.05, 0) is 25.9 Å². The monoisotopic (exact) mass is 127 g/mol. The van der Waals surface area contributed by atoms with Crippen LogP contribution in [0.3, 0.4) is 0 Å². The first-order chi connectivity index (χ1) is 4.43. The molecule has 0 aromatic heterocycles. The molecule has 0 bridgehead atoms. The molecule has 1 aliphatic heterocycles. The zero-order valence-corrected chi connectivity index (χ0v) is 5.31. The van der Waals surface area contributed by atoms with E-state index in [9.17, 15) is 4.79 Å². The lowest BCUT2D eigenvalue weighted by Gasteiger charge is -2.20. The van der Waals surface area contributed by atoms with E-state index >= 15 is 0 Å². The lowest BCUT2D eigenvalue weighted by atomic mass is 10.1. The summed E-state index contributed by atoms with van der Waals surface area (Å²) in [5.74, 6) is 0. The maximum absolute atomic E-state index is 9.82. The Morgan fingerprint density at radius 3 is 2.67 bits per heavy atom. The van der Waals surface area contributed by atoms with Crippen LogP contribution in [0.1, 0.15) is 12.8 Å². The van der Waals surface area contributed by atoms with Crippen LogP contribution in [0.15, 0.2) is 0 Å². The van der Waals surface area contributed by atoms with Crippen LogP contribution in [0.25, 0.3) is 0 Å². The quantitative estimate of drug-likeness (QED) is 0.486. The Morgan fingerprint density at radius 1 is 1.44 bits per heavy atom. The zero-order valence-electron chi connectivity index (χ0n) is 5.31. The van der Waals surface area contributed by atoms with Crippen LogP contribution in [0.4, 0.5) is 0 Å². The molecule has 1 amide bonds. The Balaban J connectivity index is 2.15. The van der Waals surface area contributed by atoms with Crippen LogP contribution in [0.5, 0.6) is 0 Å². The van der Waals surface area contributed by atoms with E-state index in [1.807, 2.05) is 0 Å². The van der Waals surface area contributed by atoms with E-state index in [1.54, 1.807) is 6.41 Å². The van der Waals surface area contributed by atoms with Crippen LogP contribution in [0.2, 0.25) is 0 Å². The van der Waals surface area contributed by atoms with Crippen molar-refractivity contribution >= 4 is 6.41 Å². The van der Waals surface area contributed by atoms with Gasteiger partial charge in [0.25, 0.3) is 0 Å². The number of hydrogen-bond donors (Lipinski definition) is 2. The highest BCUT2D eigenvalue weighted by molar-refractivity contribution is 5.47. The van der Waals surface area contributed by atoms with E-state index in [4.69, 9.17) is 0 Å². The molecule has 0 aliphatic carbocycles. The lowest BCUT2D eigenvalue weighted by molar-refractivity contribution is 0.417. The molecule has 0 aromatic carbocycles. The predicted octanol–water partition coefficient (Wildman–Crippen LogP) is -0.605. The highest BCUT2D eigenvalue weighted by Crippen LogP contribution is 1.99. The molecule has 1 heterocycles. The van der Waals surface area contributed by atoms with Crippen molar-refractivity contribution in [3.63, 3.8) is 0 Å². The average Bonchev–Trinajstić information content (AvgIpc) is 1.91. The Hall–Kier alpha value is -0.570. The van der Waals surface area contributed by atoms with Crippen LogP contribution >= 0.6 is 0 Å². The van der Waals surface area contributed by atoms with Crippen molar-refractivity contribution in [1.29, 1.82) is 0 Å². The van der Waals surface area contributed by atoms with Crippen LogP contribution < -0.4 is 10.6 Å². The normalized spacial score (nSPS) is 21.3. The van der Waals surface area contributed by atoms with E-state index in [1.165, 1.54) is 0 Å². The van der Waals surface area contributed by atoms with Gasteiger partial charge in [-0.15, -0.1) is 0 Å². The fourth-order valence-corrected chi connectivity index (χ4v) is 1.05. The van der Waals surface area contributed by atoms with Gasteiger partial charge in [0, 0.05) is 6.04 Å². The summed E-state index contributed by atoms with van der Waals surface area (Å²) in [5, 5.41) is 5.84. The predicted molar refractivity (Wildman–Crippen MR) is 34.7 cm³/mol. The first kappa shape index (κ1) is 6.55. The van der Waals surface area contributed by atoms with Crippen molar-refractivity contribution in [2.45, 2.75) is 18.9 Å². The molecule has 1 fully saturated rings. The van der Waals surface area contributed by atoms with Gasteiger partial charge in [0.05, 0.1) is 0 Å². The Morgan fingerprint density at radius 2 is 2.11 bits per heavy atom. The molecular weight excluding hydrogens is 116 g/mol. The lowest BCUT2D eigenvalue weighted by Crippen LogP contribution is -2.39. The molecule has 51 valence electrons. The van der Waals surface area contributed by atoms with Crippen molar-refractivity contribution in [3.8, 4) is 0 Å². The van der Waals surface area contributed by atoms with Gasteiger partial charge < -0.3 is 10.6 Å². The van der Waals surface area contributed by atoms with Gasteiger partial charge in [-0.1, -0.05) is 0 Å². The minimum atomic E-state index is 0.365. The Bertz CT molecular complexity index is 89.1. The molecule has 2 N–H and O–H groups in total. The van der Waals surface area contributed by atoms with Gasteiger partial charge >= 0.3 is 6.41 Å². The molecule has 3 nitrogen and oxygen atoms in total. The molecule has 0 atom stereocenters. The number of carbonyl (C=O) groups excluding carboxylic acids is 1. The third kappa shape index (κ3) is 2.01. The largest absolute Gasteiger partial charge is 0.345 e. The highest BCUT2D eigenvalue weighted by atomic mass is 16.1. The average molecular weight is 127 g/mol. The molecule has 1 radical (unpaired) electrons. The molecule has 1 saturated heterocycles. The zero-order chi connectivity index (χ0) is 6.53. The number of piperidine rings is 1. The number of nitrogens with one attached hydrogen (secondary N) is 2. The first-order valence-corrected chi connectivity index (χ1v) is 3.27. The molecule has 0 unspecified atom stereocenters. The molecule has 1 aliphatic rings. The van der Waals surface area contributed by atoms with E-state index < -0.39 is 0 Å². The second-order valence-corrected chi connectivity index (χ2v) is 2.27. The molecule has 0 spiro atoms. The molecule has 0 aromatic rings. The Kier molecular flexibility index (Phi) is 2.51. The van der Waals surface area contributed by atoms with E-state index in [0.717, 1.165) is 25.9 Å². The van der Waals surface area contributed by atoms with Crippen molar-refractivity contribution in [2.75, 3.05) is 13.1 Å². The van der Waals surface area contributed by atoms with Gasteiger partial charge in [0.1, 0.15) is 0 Å². The molecular formula is C6H11N2O. The summed E-state index contributed by atoms with van der Waals surface area (Å²) < 4.78 is 0. The third-order valence-electron chi connectivity index (χ3n) is 1.60. The number of rotatable bonds is 2. The summed E-state index contributed by atoms with van der Waals surface area (Å²) >= 11 is 0. The second-order valence-electron chi connectivity index (χ2n) is 2.27. The summed E-state index contributed by atoms with van der Waals surface area (Å²) in [4.78, 5) is 9.82. The second kappa shape index (κ2) is 3.45. The van der Waals surface area contributed by atoms with E-state index in [0.29, 0.717) is 6.04 Å². The number of hydrogen-bond acceptors (Lipinski definition) is 2. The first-order valence-electron chi connectivity index (χ1n) is 3.27. The fourth-order valence-electron chi connectivity index (χ4n) is 1.05. The van der Waals surface area contributed by atoms with Crippen LogP contribution in [-0.4, -0.2) is 25.5 Å². The Labute approximate surface area is 54.8 Å². The SMILES string of the molecule is O=[C]NC1CCNCC1. The highest BCUT2D eigenvalue weighted by Gasteiger charge is 2.10. The maximum atomic E-state index is 9.82. The minimum absolute atomic E-state index is 0.365. The smallest absolute Gasteiger partial charge is 0.309 e. The van der Waals surface area contributed by atoms with E-state index in [2.05, 4.69) is 10.6 Å². The van der Waals surface area contributed by atoms with Crippen molar-refractivity contribution in [1.82, 2.24) is 10.6 Å². The minimum Gasteiger partial charge on any atom is -0.345 e. The topological polar surface area (TPSA) is 41.1 Å². The summed E-state index contributed by atoms with van der Waals surface area (Å²) in [6.07, 6.45) is 3.78. The summed E-state index contributed by atoms with van der Waals surface area (Å²) in [6.45, 7) is 2.03. The van der Waals surface area contributed by atoms with Crippen molar-refractivity contribution in [2.24, 2.45) is 0 Å². The van der Waals surface area contributed by atoms with Gasteiger partial charge in [0.15, 0.2) is 0 Å². The van der Waals surface area contributed by atoms with E-state index in [-0.39, 0.29) is 0 Å². The molecule has 0 saturated carbocycles. The standard InChI is InChI=1S/C6H11N2O/c9-5-8-6-1-3-7-4-2-6/h6-7H,1-4H2,(H,8,9). The van der Waals surface area contributed by atoms with Crippen molar-refractivity contribution < 1.29 is 4.79 Å². The number of amides is 1. The summed E-state index contributed by atoms with van der Waals surface area (Å²) in [6, 6.07) is 0.365. The summed E-state index contributed by atoms with van der Waals surface area (Å²) in [7, 11) is 0. The van der Waals surface area contributed by atoms with Crippen LogP contribution in [-0.2, 0) is 4.79 Å².